The minimum Gasteiger partial charge on any atom is -0.497 e. The van der Waals surface area contributed by atoms with Crippen LogP contribution < -0.4 is 54.4 Å². The number of fused-ring (bicyclic) bond motifs is 4. The number of carbonyl (C=O) groups is 4. The summed E-state index contributed by atoms with van der Waals surface area (Å²) in [5.41, 5.74) is 19.2. The van der Waals surface area contributed by atoms with Crippen molar-refractivity contribution in [3.63, 3.8) is 0 Å². The molecule has 13 aromatic rings. The fraction of sp³-hybridized carbons (Fsp3) is 0.271. The van der Waals surface area contributed by atoms with Gasteiger partial charge in [-0.05, 0) is 325 Å². The van der Waals surface area contributed by atoms with E-state index in [-0.39, 0.29) is 41.0 Å². The molecule has 4 saturated carbocycles. The summed E-state index contributed by atoms with van der Waals surface area (Å²) in [6, 6.07) is 82.1. The van der Waals surface area contributed by atoms with Gasteiger partial charge in [0, 0.05) is 66.7 Å². The van der Waals surface area contributed by atoms with Gasteiger partial charge in [-0.1, -0.05) is 121 Å². The molecule has 4 amide bonds. The standard InChI is InChI=1S/C27H28N2O6S.C27H30N2O4S.C27H27NO3.C26H21NO3S.4H2/c1-28-36(32,33)22-9-6-18(7-10-22)19-4-3-5-21(16-19)29-25(30)26(12-13-26)20-8-11-24-23(17-20)27(31,34-2)14-15-35-24;1-19-8-13-23(28-26(30)27(14-15-27)22-6-5-7-24(16-22)33-3)17-25(19)21-11-9-20(10-12-21)18-29(2)34(4,31)32;1-3-30-23-9-5-19(6-10-23)24-17-22(8-4-18(24)2)28-26(29)27(13-14-27)21-7-11-25-20(16-21)12-15-31-25;1-16-2-5-20(14-21(16)17-3-7-24-18(12-17)8-11-31-24)27-25(28)26(9-10-26)19-4-6-22-23(13-19)30-15-29-22;;;;/h3-11,16-17,28,31H,12-15H2,1-2H3,(H,29,30);5-13,16-17H,14-15,18H2,1-4H3,(H,28,30);4-11,16-17H,3,12-15H2,1-2H3,(H,28,29);2-8,11-14H,9-10,15H2,1H3,(H,27,28);4*1H. The number of nitrogens with zero attached hydrogens (tertiary/aromatic N) is 1. The third-order valence-corrected chi connectivity index (χ3v) is 30.0. The first-order valence-electron chi connectivity index (χ1n) is 44.3. The Bertz CT molecular complexity index is 6850. The number of hydrogen-bond acceptors (Lipinski definition) is 17. The van der Waals surface area contributed by atoms with E-state index in [0.717, 1.165) is 175 Å². The molecule has 1 aromatic heterocycles. The van der Waals surface area contributed by atoms with E-state index in [1.165, 1.54) is 51.5 Å². The van der Waals surface area contributed by atoms with Crippen LogP contribution in [0, 0.1) is 20.8 Å². The Hall–Kier alpha value is -13.0. The fourth-order valence-corrected chi connectivity index (χ4v) is 19.4. The summed E-state index contributed by atoms with van der Waals surface area (Å²) in [5.74, 6) is 3.15. The number of hydrogen-bond donors (Lipinski definition) is 6. The lowest BCUT2D eigenvalue weighted by molar-refractivity contribution is -0.210. The van der Waals surface area contributed by atoms with Gasteiger partial charge in [0.1, 0.15) is 23.0 Å². The highest BCUT2D eigenvalue weighted by Gasteiger charge is 2.55. The van der Waals surface area contributed by atoms with Gasteiger partial charge in [-0.15, -0.1) is 11.3 Å². The van der Waals surface area contributed by atoms with Crippen molar-refractivity contribution in [3.8, 4) is 79.0 Å². The number of carbonyl (C=O) groups excluding carboxylic acids is 4. The van der Waals surface area contributed by atoms with Crippen LogP contribution in [0.4, 0.5) is 22.7 Å². The van der Waals surface area contributed by atoms with E-state index in [2.05, 4.69) is 118 Å². The number of nitrogens with one attached hydrogen (secondary N) is 5. The van der Waals surface area contributed by atoms with Crippen LogP contribution in [0.1, 0.15) is 126 Å². The molecule has 132 heavy (non-hydrogen) atoms. The molecule has 12 aromatic carbocycles. The van der Waals surface area contributed by atoms with Crippen LogP contribution in [0.25, 0.3) is 54.6 Å². The Morgan fingerprint density at radius 1 is 0.462 bits per heavy atom. The molecule has 22 nitrogen and oxygen atoms in total. The molecule has 4 aliphatic carbocycles. The molecule has 6 N–H and O–H groups in total. The van der Waals surface area contributed by atoms with Crippen LogP contribution in [0.5, 0.6) is 34.5 Å². The molecular weight excluding hydrogens is 1720 g/mol. The molecule has 20 rings (SSSR count). The summed E-state index contributed by atoms with van der Waals surface area (Å²) in [5, 5.41) is 26.8. The summed E-state index contributed by atoms with van der Waals surface area (Å²) < 4.78 is 90.7. The largest absolute Gasteiger partial charge is 0.497 e. The van der Waals surface area contributed by atoms with E-state index in [0.29, 0.717) is 56.0 Å². The molecule has 4 heterocycles. The maximum Gasteiger partial charge on any atom is 0.240 e. The fourth-order valence-electron chi connectivity index (χ4n) is 17.5. The number of methoxy groups -OCH3 is 2. The second kappa shape index (κ2) is 37.3. The molecule has 0 bridgehead atoms. The molecule has 0 radical (unpaired) electrons. The maximum absolute atomic E-state index is 13.4. The molecule has 25 heteroatoms. The third-order valence-electron chi connectivity index (χ3n) is 26.4. The smallest absolute Gasteiger partial charge is 0.240 e. The van der Waals surface area contributed by atoms with Crippen LogP contribution in [0.3, 0.4) is 0 Å². The first-order chi connectivity index (χ1) is 63.5. The lowest BCUT2D eigenvalue weighted by Crippen LogP contribution is -2.35. The first kappa shape index (κ1) is 90.9. The number of aliphatic hydroxyl groups is 1. The summed E-state index contributed by atoms with van der Waals surface area (Å²) in [6.45, 7) is 10.5. The van der Waals surface area contributed by atoms with Crippen LogP contribution in [-0.2, 0) is 84.4 Å². The topological polar surface area (TPSA) is 285 Å². The number of anilines is 4. The van der Waals surface area contributed by atoms with Gasteiger partial charge < -0.3 is 59.5 Å². The number of rotatable bonds is 25. The lowest BCUT2D eigenvalue weighted by atomic mass is 9.89. The number of amides is 4. The van der Waals surface area contributed by atoms with E-state index in [9.17, 15) is 41.1 Å². The number of ether oxygens (including phenoxy) is 7. The maximum atomic E-state index is 13.4. The van der Waals surface area contributed by atoms with Gasteiger partial charge in [0.2, 0.25) is 50.5 Å². The van der Waals surface area contributed by atoms with E-state index in [4.69, 9.17) is 33.2 Å². The van der Waals surface area contributed by atoms with Crippen LogP contribution in [0.15, 0.2) is 265 Å². The van der Waals surface area contributed by atoms with Crippen molar-refractivity contribution in [3.05, 3.63) is 316 Å². The molecule has 1 atom stereocenters. The van der Waals surface area contributed by atoms with E-state index in [1.54, 1.807) is 55.8 Å². The Labute approximate surface area is 780 Å². The van der Waals surface area contributed by atoms with Gasteiger partial charge in [0.05, 0.1) is 65.3 Å². The minimum atomic E-state index is -3.51. The van der Waals surface area contributed by atoms with Gasteiger partial charge in [-0.25, -0.2) is 25.9 Å². The van der Waals surface area contributed by atoms with Gasteiger partial charge in [-0.2, -0.15) is 0 Å². The number of benzene rings is 12. The van der Waals surface area contributed by atoms with Crippen molar-refractivity contribution in [2.24, 2.45) is 0 Å². The first-order valence-corrected chi connectivity index (χ1v) is 48.6. The normalized spacial score (nSPS) is 16.7. The van der Waals surface area contributed by atoms with Gasteiger partial charge in [0.25, 0.3) is 0 Å². The Kier molecular flexibility index (Phi) is 25.7. The third kappa shape index (κ3) is 19.3. The van der Waals surface area contributed by atoms with E-state index >= 15 is 0 Å². The van der Waals surface area contributed by atoms with Crippen molar-refractivity contribution >= 4 is 87.8 Å². The van der Waals surface area contributed by atoms with E-state index in [1.807, 2.05) is 166 Å². The van der Waals surface area contributed by atoms with Crippen molar-refractivity contribution in [1.82, 2.24) is 9.03 Å². The van der Waals surface area contributed by atoms with Crippen LogP contribution in [-0.4, -0.2) is 111 Å². The van der Waals surface area contributed by atoms with Crippen LogP contribution in [0.2, 0.25) is 0 Å². The van der Waals surface area contributed by atoms with Crippen molar-refractivity contribution in [2.45, 2.75) is 131 Å². The van der Waals surface area contributed by atoms with Crippen LogP contribution >= 0.6 is 11.3 Å². The quantitative estimate of drug-likeness (QED) is 0.0290. The average molecular weight is 1840 g/mol. The molecule has 0 saturated heterocycles. The number of thiophene rings is 1. The monoisotopic (exact) mass is 1830 g/mol. The highest BCUT2D eigenvalue weighted by molar-refractivity contribution is 7.89. The zero-order valence-electron chi connectivity index (χ0n) is 75.2. The predicted octanol–water partition coefficient (Wildman–Crippen LogP) is 21.2. The SMILES string of the molecule is CCOc1ccc(-c2cc(NC(=O)C3(c4ccc5c(c4)CCO5)CC3)ccc2C)cc1.CNS(=O)(=O)c1ccc(-c2cccc(NC(=O)C3(c4ccc5c(c4)C(O)(OC)CCO5)CC3)c2)cc1.COc1cccc(C2(C(=O)Nc3ccc(C)c(-c4ccc(CN(C)S(C)(=O)=O)cc4)c3)CC2)c1.Cc1ccc(NC(=O)C2(c3ccc4c(c3)OCO4)CC2)cc1-c1ccc2sccc2c1.[HH].[HH].[HH].[HH]. The van der Waals surface area contributed by atoms with Gasteiger partial charge in [-0.3, -0.25) is 19.2 Å². The molecule has 3 aliphatic heterocycles. The minimum absolute atomic E-state index is 0. The van der Waals surface area contributed by atoms with Crippen molar-refractivity contribution in [1.29, 1.82) is 0 Å². The summed E-state index contributed by atoms with van der Waals surface area (Å²) >= 11 is 1.75. The van der Waals surface area contributed by atoms with Gasteiger partial charge >= 0.3 is 0 Å². The summed E-state index contributed by atoms with van der Waals surface area (Å²) in [7, 11) is -0.715. The zero-order valence-corrected chi connectivity index (χ0v) is 77.6. The number of aryl methyl sites for hydroxylation is 3. The summed E-state index contributed by atoms with van der Waals surface area (Å²) in [6.07, 6.45) is 8.91. The Balaban J connectivity index is 0.000000152. The zero-order chi connectivity index (χ0) is 92.5. The van der Waals surface area contributed by atoms with E-state index < -0.39 is 47.5 Å². The summed E-state index contributed by atoms with van der Waals surface area (Å²) in [4.78, 5) is 53.4. The Morgan fingerprint density at radius 2 is 0.955 bits per heavy atom. The number of sulfonamides is 2. The molecule has 1 unspecified atom stereocenters. The highest BCUT2D eigenvalue weighted by atomic mass is 32.2. The highest BCUT2D eigenvalue weighted by Crippen LogP contribution is 2.55. The predicted molar refractivity (Wildman–Crippen MR) is 526 cm³/mol. The molecule has 0 spiro atoms. The Morgan fingerprint density at radius 3 is 1.50 bits per heavy atom. The average Bonchev–Trinajstić information content (AvgIpc) is 1.49. The second-order valence-electron chi connectivity index (χ2n) is 34.9. The molecule has 686 valence electrons. The van der Waals surface area contributed by atoms with Gasteiger partial charge in [0.15, 0.2) is 17.3 Å². The molecule has 7 aliphatic rings. The van der Waals surface area contributed by atoms with Crippen molar-refractivity contribution in [2.75, 3.05) is 82.5 Å². The lowest BCUT2D eigenvalue weighted by Gasteiger charge is -2.33. The molecular formula is C107H114N6O16S3. The second-order valence-corrected chi connectivity index (χ2v) is 39.8. The molecule has 4 fully saturated rings. The van der Waals surface area contributed by atoms with Crippen molar-refractivity contribution < 1.29 is 80.0 Å².